The predicted molar refractivity (Wildman–Crippen MR) is 87.1 cm³/mol. The first-order chi connectivity index (χ1) is 9.33. The van der Waals surface area contributed by atoms with Gasteiger partial charge in [0.25, 0.3) is 0 Å². The molecular formula is C17H27NS. The minimum Gasteiger partial charge on any atom is -0.381 e. The molecule has 0 aromatic heterocycles. The van der Waals surface area contributed by atoms with Gasteiger partial charge in [-0.05, 0) is 43.1 Å². The first kappa shape index (κ1) is 14.8. The van der Waals surface area contributed by atoms with Gasteiger partial charge in [-0.2, -0.15) is 0 Å². The molecule has 0 bridgehead atoms. The first-order valence-electron chi connectivity index (χ1n) is 7.81. The number of hydrogen-bond acceptors (Lipinski definition) is 2. The van der Waals surface area contributed by atoms with Crippen molar-refractivity contribution in [2.45, 2.75) is 63.3 Å². The van der Waals surface area contributed by atoms with Crippen LogP contribution in [0.5, 0.6) is 0 Å². The molecule has 1 fully saturated rings. The molecule has 0 heterocycles. The monoisotopic (exact) mass is 277 g/mol. The zero-order valence-electron chi connectivity index (χ0n) is 12.3. The van der Waals surface area contributed by atoms with Crippen molar-refractivity contribution in [1.29, 1.82) is 0 Å². The van der Waals surface area contributed by atoms with E-state index >= 15 is 0 Å². The molecule has 0 spiro atoms. The average molecular weight is 277 g/mol. The summed E-state index contributed by atoms with van der Waals surface area (Å²) in [5, 5.41) is 3.80. The van der Waals surface area contributed by atoms with Crippen molar-refractivity contribution in [1.82, 2.24) is 0 Å². The number of nitrogens with one attached hydrogen (secondary N) is 1. The number of thioether (sulfide) groups is 1. The smallest absolute Gasteiger partial charge is 0.0480 e. The molecule has 19 heavy (non-hydrogen) atoms. The highest BCUT2D eigenvalue weighted by atomic mass is 32.2. The summed E-state index contributed by atoms with van der Waals surface area (Å²) < 4.78 is 0. The minimum absolute atomic E-state index is 0.676. The van der Waals surface area contributed by atoms with Crippen molar-refractivity contribution in [2.75, 3.05) is 11.1 Å². The third-order valence-electron chi connectivity index (χ3n) is 4.21. The van der Waals surface area contributed by atoms with Gasteiger partial charge in [0.05, 0.1) is 0 Å². The van der Waals surface area contributed by atoms with Crippen LogP contribution in [0.1, 0.15) is 52.4 Å². The second kappa shape index (κ2) is 7.84. The van der Waals surface area contributed by atoms with E-state index in [9.17, 15) is 0 Å². The van der Waals surface area contributed by atoms with Crippen molar-refractivity contribution in [2.24, 2.45) is 5.92 Å². The van der Waals surface area contributed by atoms with E-state index in [0.717, 1.165) is 11.7 Å². The maximum absolute atomic E-state index is 3.80. The Bertz CT molecular complexity index is 377. The van der Waals surface area contributed by atoms with Crippen molar-refractivity contribution in [3.63, 3.8) is 0 Å². The summed E-state index contributed by atoms with van der Waals surface area (Å²) in [5.41, 5.74) is 1.34. The zero-order valence-corrected chi connectivity index (χ0v) is 13.1. The van der Waals surface area contributed by atoms with Crippen LogP contribution in [0.3, 0.4) is 0 Å². The quantitative estimate of drug-likeness (QED) is 0.558. The Hall–Kier alpha value is -0.630. The third kappa shape index (κ3) is 4.45. The summed E-state index contributed by atoms with van der Waals surface area (Å²) in [6.07, 6.45) is 8.25. The van der Waals surface area contributed by atoms with E-state index in [2.05, 4.69) is 43.4 Å². The lowest BCUT2D eigenvalue weighted by molar-refractivity contribution is 0.444. The Labute approximate surface area is 122 Å². The van der Waals surface area contributed by atoms with Gasteiger partial charge in [-0.15, -0.1) is 11.8 Å². The Kier molecular flexibility index (Phi) is 6.09. The van der Waals surface area contributed by atoms with Crippen LogP contribution in [-0.4, -0.2) is 11.8 Å². The summed E-state index contributed by atoms with van der Waals surface area (Å²) in [5.74, 6) is 2.11. The molecule has 2 heteroatoms. The predicted octanol–water partition coefficient (Wildman–Crippen LogP) is 5.57. The molecule has 0 saturated heterocycles. The molecule has 1 saturated carbocycles. The van der Waals surface area contributed by atoms with Crippen molar-refractivity contribution in [3.8, 4) is 0 Å². The van der Waals surface area contributed by atoms with Crippen LogP contribution in [-0.2, 0) is 0 Å². The van der Waals surface area contributed by atoms with Gasteiger partial charge in [0, 0.05) is 16.6 Å². The van der Waals surface area contributed by atoms with E-state index in [-0.39, 0.29) is 0 Å². The maximum Gasteiger partial charge on any atom is 0.0480 e. The fourth-order valence-electron chi connectivity index (χ4n) is 3.02. The van der Waals surface area contributed by atoms with Gasteiger partial charge in [0.15, 0.2) is 0 Å². The molecule has 1 aliphatic carbocycles. The van der Waals surface area contributed by atoms with Crippen LogP contribution in [0.2, 0.25) is 0 Å². The summed E-state index contributed by atoms with van der Waals surface area (Å²) in [6, 6.07) is 9.44. The van der Waals surface area contributed by atoms with E-state index in [1.807, 2.05) is 11.8 Å². The van der Waals surface area contributed by atoms with E-state index in [0.29, 0.717) is 6.04 Å². The van der Waals surface area contributed by atoms with Crippen LogP contribution in [0, 0.1) is 5.92 Å². The van der Waals surface area contributed by atoms with Gasteiger partial charge in [0.1, 0.15) is 0 Å². The summed E-state index contributed by atoms with van der Waals surface area (Å²) in [7, 11) is 0. The molecule has 1 N–H and O–H groups in total. The van der Waals surface area contributed by atoms with Crippen LogP contribution in [0.25, 0.3) is 0 Å². The van der Waals surface area contributed by atoms with Gasteiger partial charge >= 0.3 is 0 Å². The van der Waals surface area contributed by atoms with Crippen LogP contribution >= 0.6 is 11.8 Å². The van der Waals surface area contributed by atoms with Crippen molar-refractivity contribution in [3.05, 3.63) is 24.3 Å². The minimum atomic E-state index is 0.676. The molecule has 0 radical (unpaired) electrons. The molecule has 0 amide bonds. The second-order valence-corrected chi connectivity index (χ2v) is 6.86. The van der Waals surface area contributed by atoms with E-state index in [4.69, 9.17) is 0 Å². The molecular weight excluding hydrogens is 250 g/mol. The van der Waals surface area contributed by atoms with Gasteiger partial charge in [-0.1, -0.05) is 45.2 Å². The highest BCUT2D eigenvalue weighted by Crippen LogP contribution is 2.31. The standard InChI is InChI=1S/C17H27NS/c1-3-14-8-7-9-15(13-12-14)18-16-10-5-6-11-17(16)19-4-2/h5-6,10-11,14-15,18H,3-4,7-9,12-13H2,1-2H3. The van der Waals surface area contributed by atoms with Crippen LogP contribution < -0.4 is 5.32 Å². The van der Waals surface area contributed by atoms with E-state index in [1.54, 1.807) is 0 Å². The first-order valence-corrected chi connectivity index (χ1v) is 8.80. The number of anilines is 1. The Balaban J connectivity index is 1.96. The number of benzene rings is 1. The molecule has 1 aromatic rings. The van der Waals surface area contributed by atoms with Crippen molar-refractivity contribution < 1.29 is 0 Å². The number of para-hydroxylation sites is 1. The fraction of sp³-hybridized carbons (Fsp3) is 0.647. The SMILES string of the molecule is CCSc1ccccc1NC1CCCC(CC)CC1. The second-order valence-electron chi connectivity index (χ2n) is 5.55. The average Bonchev–Trinajstić information content (AvgIpc) is 2.66. The highest BCUT2D eigenvalue weighted by Gasteiger charge is 2.18. The normalized spacial score (nSPS) is 23.9. The zero-order chi connectivity index (χ0) is 13.5. The molecule has 1 aliphatic rings. The van der Waals surface area contributed by atoms with E-state index < -0.39 is 0 Å². The third-order valence-corrected chi connectivity index (χ3v) is 5.17. The van der Waals surface area contributed by atoms with Gasteiger partial charge in [-0.3, -0.25) is 0 Å². The molecule has 0 aliphatic heterocycles. The maximum atomic E-state index is 3.80. The van der Waals surface area contributed by atoms with Crippen molar-refractivity contribution >= 4 is 17.4 Å². The lowest BCUT2D eigenvalue weighted by Crippen LogP contribution is -2.18. The number of hydrogen-bond donors (Lipinski definition) is 1. The Morgan fingerprint density at radius 2 is 1.95 bits per heavy atom. The largest absolute Gasteiger partial charge is 0.381 e. The van der Waals surface area contributed by atoms with Gasteiger partial charge in [-0.25, -0.2) is 0 Å². The Morgan fingerprint density at radius 3 is 2.74 bits per heavy atom. The molecule has 1 aromatic carbocycles. The molecule has 2 unspecified atom stereocenters. The molecule has 1 nitrogen and oxygen atoms in total. The Morgan fingerprint density at radius 1 is 1.11 bits per heavy atom. The lowest BCUT2D eigenvalue weighted by Gasteiger charge is -2.20. The molecule has 106 valence electrons. The lowest BCUT2D eigenvalue weighted by atomic mass is 9.98. The van der Waals surface area contributed by atoms with Crippen LogP contribution in [0.15, 0.2) is 29.2 Å². The summed E-state index contributed by atoms with van der Waals surface area (Å²) in [6.45, 7) is 4.56. The van der Waals surface area contributed by atoms with Gasteiger partial charge in [0.2, 0.25) is 0 Å². The highest BCUT2D eigenvalue weighted by molar-refractivity contribution is 7.99. The summed E-state index contributed by atoms with van der Waals surface area (Å²) in [4.78, 5) is 1.40. The van der Waals surface area contributed by atoms with Crippen LogP contribution in [0.4, 0.5) is 5.69 Å². The topological polar surface area (TPSA) is 12.0 Å². The number of rotatable bonds is 5. The molecule has 2 atom stereocenters. The molecule has 2 rings (SSSR count). The summed E-state index contributed by atoms with van der Waals surface area (Å²) >= 11 is 1.94. The fourth-order valence-corrected chi connectivity index (χ4v) is 3.79. The van der Waals surface area contributed by atoms with E-state index in [1.165, 1.54) is 49.1 Å². The van der Waals surface area contributed by atoms with Gasteiger partial charge < -0.3 is 5.32 Å².